The molecule has 0 aromatic heterocycles. The van der Waals surface area contributed by atoms with E-state index >= 15 is 0 Å². The Morgan fingerprint density at radius 3 is 0.745 bits per heavy atom. The van der Waals surface area contributed by atoms with Crippen molar-refractivity contribution in [2.75, 3.05) is 39.6 Å². The van der Waals surface area contributed by atoms with Gasteiger partial charge in [0.1, 0.15) is 19.3 Å². The number of aliphatic hydroxyl groups is 1. The molecule has 0 saturated carbocycles. The van der Waals surface area contributed by atoms with Crippen molar-refractivity contribution >= 4 is 39.5 Å². The van der Waals surface area contributed by atoms with Crippen molar-refractivity contribution in [1.82, 2.24) is 0 Å². The number of hydrogen-bond acceptors (Lipinski definition) is 15. The van der Waals surface area contributed by atoms with Gasteiger partial charge in [-0.15, -0.1) is 0 Å². The Morgan fingerprint density at radius 2 is 0.500 bits per heavy atom. The van der Waals surface area contributed by atoms with Crippen LogP contribution < -0.4 is 0 Å². The van der Waals surface area contributed by atoms with Crippen molar-refractivity contribution in [1.29, 1.82) is 0 Å². The first-order valence-corrected chi connectivity index (χ1v) is 45.9. The van der Waals surface area contributed by atoms with Crippen LogP contribution in [-0.4, -0.2) is 96.7 Å². The molecule has 0 rings (SSSR count). The zero-order valence-corrected chi connectivity index (χ0v) is 68.9. The molecule has 0 bridgehead atoms. The minimum absolute atomic E-state index is 0.106. The fraction of sp³-hybridized carbons (Fsp3) is 0.952. The Labute approximate surface area is 626 Å². The molecule has 6 atom stereocenters. The van der Waals surface area contributed by atoms with E-state index in [1.165, 1.54) is 238 Å². The highest BCUT2D eigenvalue weighted by Crippen LogP contribution is 2.45. The zero-order chi connectivity index (χ0) is 75.1. The highest BCUT2D eigenvalue weighted by Gasteiger charge is 2.30. The lowest BCUT2D eigenvalue weighted by Crippen LogP contribution is -2.30. The second kappa shape index (κ2) is 73.2. The van der Waals surface area contributed by atoms with E-state index < -0.39 is 97.5 Å². The van der Waals surface area contributed by atoms with Gasteiger partial charge in [-0.3, -0.25) is 37.3 Å². The molecule has 606 valence electrons. The smallest absolute Gasteiger partial charge is 0.462 e. The van der Waals surface area contributed by atoms with E-state index in [1.807, 2.05) is 0 Å². The summed E-state index contributed by atoms with van der Waals surface area (Å²) in [7, 11) is -9.92. The van der Waals surface area contributed by atoms with Gasteiger partial charge in [-0.1, -0.05) is 382 Å². The van der Waals surface area contributed by atoms with Gasteiger partial charge in [0.15, 0.2) is 12.2 Å². The first kappa shape index (κ1) is 100. The van der Waals surface area contributed by atoms with E-state index in [0.29, 0.717) is 25.7 Å². The van der Waals surface area contributed by atoms with Gasteiger partial charge in [-0.2, -0.15) is 0 Å². The highest BCUT2D eigenvalue weighted by molar-refractivity contribution is 7.47. The van der Waals surface area contributed by atoms with E-state index in [2.05, 4.69) is 48.5 Å². The van der Waals surface area contributed by atoms with Gasteiger partial charge in [0.25, 0.3) is 0 Å². The normalized spacial score (nSPS) is 14.2. The predicted octanol–water partition coefficient (Wildman–Crippen LogP) is 24.9. The Morgan fingerprint density at radius 1 is 0.284 bits per heavy atom. The second-order valence-corrected chi connectivity index (χ2v) is 34.0. The molecule has 0 amide bonds. The Balaban J connectivity index is 5.19. The van der Waals surface area contributed by atoms with E-state index in [1.54, 1.807) is 0 Å². The van der Waals surface area contributed by atoms with Crippen molar-refractivity contribution in [3.8, 4) is 0 Å². The lowest BCUT2D eigenvalue weighted by Gasteiger charge is -2.21. The summed E-state index contributed by atoms with van der Waals surface area (Å²) in [5, 5.41) is 10.6. The first-order chi connectivity index (χ1) is 49.3. The SMILES string of the molecule is CCCCCCCCCCC(=O)OC[C@H](COP(=O)(O)OC[C@H](O)COP(=O)(O)OC[C@@H](COC(=O)CCCCCCCCCCCCCCCCCCC(C)C)OC(=O)CCCCCCCCCCCCCCCCCCCCC(C)C)OC(=O)CCCCCCCCCCCCC(C)CC. The summed E-state index contributed by atoms with van der Waals surface area (Å²) < 4.78 is 68.7. The number of hydrogen-bond donors (Lipinski definition) is 3. The number of aliphatic hydroxyl groups excluding tert-OH is 1. The quantitative estimate of drug-likeness (QED) is 0.0222. The number of esters is 4. The molecule has 0 aliphatic rings. The van der Waals surface area contributed by atoms with Crippen molar-refractivity contribution in [2.45, 2.75) is 452 Å². The molecule has 17 nitrogen and oxygen atoms in total. The van der Waals surface area contributed by atoms with Gasteiger partial charge >= 0.3 is 39.5 Å². The molecular weight excluding hydrogens is 1330 g/mol. The number of carbonyl (C=O) groups is 4. The Kier molecular flexibility index (Phi) is 71.8. The summed E-state index contributed by atoms with van der Waals surface area (Å²) in [6.45, 7) is 12.0. The number of unbranched alkanes of at least 4 members (excludes halogenated alkanes) is 48. The average Bonchev–Trinajstić information content (AvgIpc) is 0.914. The van der Waals surface area contributed by atoms with Gasteiger partial charge in [0.2, 0.25) is 0 Å². The maximum absolute atomic E-state index is 13.1. The monoisotopic (exact) mass is 1490 g/mol. The van der Waals surface area contributed by atoms with Crippen LogP contribution >= 0.6 is 15.6 Å². The third kappa shape index (κ3) is 74.9. The fourth-order valence-corrected chi connectivity index (χ4v) is 14.4. The molecule has 0 aliphatic carbocycles. The molecule has 0 radical (unpaired) electrons. The average molecular weight is 1490 g/mol. The van der Waals surface area contributed by atoms with Crippen molar-refractivity contribution in [2.24, 2.45) is 17.8 Å². The topological polar surface area (TPSA) is 237 Å². The van der Waals surface area contributed by atoms with E-state index in [-0.39, 0.29) is 25.7 Å². The lowest BCUT2D eigenvalue weighted by atomic mass is 9.99. The number of ether oxygens (including phenoxy) is 4. The zero-order valence-electron chi connectivity index (χ0n) is 67.1. The molecule has 0 spiro atoms. The predicted molar refractivity (Wildman–Crippen MR) is 418 cm³/mol. The Bertz CT molecular complexity index is 1980. The van der Waals surface area contributed by atoms with Crippen LogP contribution in [0.2, 0.25) is 0 Å². The van der Waals surface area contributed by atoms with E-state index in [0.717, 1.165) is 114 Å². The van der Waals surface area contributed by atoms with Gasteiger partial charge in [-0.05, 0) is 43.4 Å². The molecule has 19 heteroatoms. The van der Waals surface area contributed by atoms with Gasteiger partial charge in [0.05, 0.1) is 26.4 Å². The maximum atomic E-state index is 13.1. The van der Waals surface area contributed by atoms with Crippen LogP contribution in [0.5, 0.6) is 0 Å². The molecule has 0 aliphatic heterocycles. The summed E-state index contributed by atoms with van der Waals surface area (Å²) in [5.41, 5.74) is 0. The molecular formula is C83H162O17P2. The van der Waals surface area contributed by atoms with Crippen LogP contribution in [0.3, 0.4) is 0 Å². The number of carbonyl (C=O) groups excluding carboxylic acids is 4. The van der Waals surface area contributed by atoms with E-state index in [4.69, 9.17) is 37.0 Å². The molecule has 102 heavy (non-hydrogen) atoms. The third-order valence-electron chi connectivity index (χ3n) is 19.7. The molecule has 0 fully saturated rings. The molecule has 3 N–H and O–H groups in total. The summed E-state index contributed by atoms with van der Waals surface area (Å²) in [6, 6.07) is 0. The Hall–Kier alpha value is -1.94. The number of phosphoric acid groups is 2. The van der Waals surface area contributed by atoms with Crippen LogP contribution in [0.15, 0.2) is 0 Å². The number of phosphoric ester groups is 2. The molecule has 0 aromatic rings. The van der Waals surface area contributed by atoms with Gasteiger partial charge in [0, 0.05) is 25.7 Å². The molecule has 0 heterocycles. The molecule has 0 aromatic carbocycles. The van der Waals surface area contributed by atoms with Gasteiger partial charge < -0.3 is 33.8 Å². The fourth-order valence-electron chi connectivity index (χ4n) is 12.8. The summed E-state index contributed by atoms with van der Waals surface area (Å²) in [5.74, 6) is 0.325. The standard InChI is InChI=1S/C83H162O17P2/c1-8-10-11-12-13-43-50-57-64-80(85)93-70-78(99-83(88)67-60-53-46-39-33-32-36-42-49-56-63-76(7)9-2)72-97-101(89,90)95-68-77(84)69-96-102(91,92)98-73-79(71-94-81(86)65-58-51-44-37-30-26-22-19-18-21-25-29-35-41-48-55-62-75(5)6)100-82(87)66-59-52-45-38-31-27-23-17-15-14-16-20-24-28-34-40-47-54-61-74(3)4/h74-79,84H,8-73H2,1-7H3,(H,89,90)(H,91,92)/t76?,77-,78+,79+/m0/s1. The summed E-state index contributed by atoms with van der Waals surface area (Å²) >= 11 is 0. The minimum atomic E-state index is -4.96. The summed E-state index contributed by atoms with van der Waals surface area (Å²) in [4.78, 5) is 73.0. The third-order valence-corrected chi connectivity index (χ3v) is 21.6. The van der Waals surface area contributed by atoms with Crippen LogP contribution in [0, 0.1) is 17.8 Å². The first-order valence-electron chi connectivity index (χ1n) is 42.9. The molecule has 0 saturated heterocycles. The lowest BCUT2D eigenvalue weighted by molar-refractivity contribution is -0.161. The van der Waals surface area contributed by atoms with Crippen molar-refractivity contribution in [3.63, 3.8) is 0 Å². The van der Waals surface area contributed by atoms with E-state index in [9.17, 15) is 43.2 Å². The van der Waals surface area contributed by atoms with Gasteiger partial charge in [-0.25, -0.2) is 9.13 Å². The second-order valence-electron chi connectivity index (χ2n) is 31.1. The summed E-state index contributed by atoms with van der Waals surface area (Å²) in [6.07, 6.45) is 62.5. The van der Waals surface area contributed by atoms with Crippen LogP contribution in [0.4, 0.5) is 0 Å². The largest absolute Gasteiger partial charge is 0.472 e. The number of rotatable bonds is 81. The van der Waals surface area contributed by atoms with Crippen LogP contribution in [0.1, 0.15) is 434 Å². The minimum Gasteiger partial charge on any atom is -0.462 e. The molecule has 3 unspecified atom stereocenters. The van der Waals surface area contributed by atoms with Crippen LogP contribution in [0.25, 0.3) is 0 Å². The van der Waals surface area contributed by atoms with Crippen molar-refractivity contribution in [3.05, 3.63) is 0 Å². The maximum Gasteiger partial charge on any atom is 0.472 e. The highest BCUT2D eigenvalue weighted by atomic mass is 31.2. The van der Waals surface area contributed by atoms with Crippen LogP contribution in [-0.2, 0) is 65.4 Å². The van der Waals surface area contributed by atoms with Crippen molar-refractivity contribution < 1.29 is 80.2 Å².